The number of furan rings is 1. The Balaban J connectivity index is 2.60. The first-order chi connectivity index (χ1) is 7.27. The summed E-state index contributed by atoms with van der Waals surface area (Å²) in [5.41, 5.74) is 0.900. The standard InChI is InChI=1S/C12H6ClFO/c13-9-6-5-8-7-3-1-2-4-10(7)15-12(8)11(9)14/h1-6H. The van der Waals surface area contributed by atoms with Gasteiger partial charge in [-0.2, -0.15) is 0 Å². The second-order valence-electron chi connectivity index (χ2n) is 3.34. The van der Waals surface area contributed by atoms with Gasteiger partial charge in [0.25, 0.3) is 0 Å². The van der Waals surface area contributed by atoms with Crippen molar-refractivity contribution in [1.29, 1.82) is 0 Å². The second-order valence-corrected chi connectivity index (χ2v) is 3.74. The van der Waals surface area contributed by atoms with Gasteiger partial charge in [-0.15, -0.1) is 0 Å². The van der Waals surface area contributed by atoms with Crippen LogP contribution in [0.1, 0.15) is 0 Å². The predicted molar refractivity (Wildman–Crippen MR) is 58.7 cm³/mol. The van der Waals surface area contributed by atoms with Crippen molar-refractivity contribution in [3.8, 4) is 0 Å². The van der Waals surface area contributed by atoms with Gasteiger partial charge in [-0.25, -0.2) is 4.39 Å². The van der Waals surface area contributed by atoms with E-state index in [4.69, 9.17) is 16.0 Å². The number of fused-ring (bicyclic) bond motifs is 3. The van der Waals surface area contributed by atoms with E-state index in [2.05, 4.69) is 0 Å². The molecule has 0 bridgehead atoms. The molecule has 0 aliphatic rings. The minimum absolute atomic E-state index is 0.0848. The van der Waals surface area contributed by atoms with Gasteiger partial charge in [0.15, 0.2) is 11.4 Å². The first kappa shape index (κ1) is 8.74. The van der Waals surface area contributed by atoms with E-state index in [1.54, 1.807) is 12.1 Å². The van der Waals surface area contributed by atoms with Crippen LogP contribution in [-0.2, 0) is 0 Å². The van der Waals surface area contributed by atoms with Crippen LogP contribution in [0.5, 0.6) is 0 Å². The molecule has 0 atom stereocenters. The first-order valence-corrected chi connectivity index (χ1v) is 4.90. The van der Waals surface area contributed by atoms with Crippen LogP contribution in [0.2, 0.25) is 5.02 Å². The maximum atomic E-state index is 13.6. The Morgan fingerprint density at radius 2 is 1.80 bits per heavy atom. The maximum absolute atomic E-state index is 13.6. The van der Waals surface area contributed by atoms with Gasteiger partial charge in [-0.05, 0) is 18.2 Å². The van der Waals surface area contributed by atoms with Gasteiger partial charge in [0.1, 0.15) is 5.58 Å². The zero-order valence-corrected chi connectivity index (χ0v) is 8.38. The number of hydrogen-bond donors (Lipinski definition) is 0. The number of para-hydroxylation sites is 1. The van der Waals surface area contributed by atoms with E-state index in [9.17, 15) is 4.39 Å². The fourth-order valence-electron chi connectivity index (χ4n) is 1.73. The van der Waals surface area contributed by atoms with Gasteiger partial charge in [-0.1, -0.05) is 29.8 Å². The van der Waals surface area contributed by atoms with Crippen molar-refractivity contribution >= 4 is 33.5 Å². The van der Waals surface area contributed by atoms with Gasteiger partial charge >= 0.3 is 0 Å². The monoisotopic (exact) mass is 220 g/mol. The third kappa shape index (κ3) is 1.15. The van der Waals surface area contributed by atoms with E-state index in [-0.39, 0.29) is 10.6 Å². The largest absolute Gasteiger partial charge is 0.453 e. The van der Waals surface area contributed by atoms with E-state index in [1.807, 2.05) is 24.3 Å². The van der Waals surface area contributed by atoms with Gasteiger partial charge in [0.2, 0.25) is 0 Å². The number of halogens is 2. The molecule has 0 unspecified atom stereocenters. The highest BCUT2D eigenvalue weighted by molar-refractivity contribution is 6.31. The van der Waals surface area contributed by atoms with Crippen molar-refractivity contribution in [2.75, 3.05) is 0 Å². The fraction of sp³-hybridized carbons (Fsp3) is 0. The minimum atomic E-state index is -0.495. The molecule has 2 aromatic carbocycles. The number of benzene rings is 2. The van der Waals surface area contributed by atoms with Crippen molar-refractivity contribution in [2.45, 2.75) is 0 Å². The summed E-state index contributed by atoms with van der Waals surface area (Å²) in [6.45, 7) is 0. The lowest BCUT2D eigenvalue weighted by Gasteiger charge is -1.93. The van der Waals surface area contributed by atoms with Gasteiger partial charge in [0.05, 0.1) is 5.02 Å². The van der Waals surface area contributed by atoms with Gasteiger partial charge < -0.3 is 4.42 Å². The van der Waals surface area contributed by atoms with Gasteiger partial charge in [0, 0.05) is 10.8 Å². The molecule has 3 heteroatoms. The second kappa shape index (κ2) is 2.97. The lowest BCUT2D eigenvalue weighted by atomic mass is 10.1. The third-order valence-corrected chi connectivity index (χ3v) is 2.73. The number of rotatable bonds is 0. The van der Waals surface area contributed by atoms with Crippen LogP contribution in [0.25, 0.3) is 21.9 Å². The molecule has 1 aromatic heterocycles. The van der Waals surface area contributed by atoms with Crippen molar-refractivity contribution in [1.82, 2.24) is 0 Å². The number of hydrogen-bond acceptors (Lipinski definition) is 1. The quantitative estimate of drug-likeness (QED) is 0.548. The Kier molecular flexibility index (Phi) is 1.73. The average Bonchev–Trinajstić information content (AvgIpc) is 2.63. The summed E-state index contributed by atoms with van der Waals surface area (Å²) in [7, 11) is 0. The van der Waals surface area contributed by atoms with Crippen molar-refractivity contribution in [2.24, 2.45) is 0 Å². The molecular formula is C12H6ClFO. The third-order valence-electron chi connectivity index (χ3n) is 2.44. The highest BCUT2D eigenvalue weighted by Crippen LogP contribution is 2.32. The Hall–Kier alpha value is -1.54. The normalized spacial score (nSPS) is 11.3. The summed E-state index contributed by atoms with van der Waals surface area (Å²) in [6, 6.07) is 10.8. The molecule has 0 radical (unpaired) electrons. The zero-order chi connectivity index (χ0) is 10.4. The lowest BCUT2D eigenvalue weighted by molar-refractivity contribution is 0.584. The van der Waals surface area contributed by atoms with Crippen molar-refractivity contribution < 1.29 is 8.81 Å². The van der Waals surface area contributed by atoms with Crippen LogP contribution in [0.15, 0.2) is 40.8 Å². The summed E-state index contributed by atoms with van der Waals surface area (Å²) < 4.78 is 19.0. The highest BCUT2D eigenvalue weighted by atomic mass is 35.5. The van der Waals surface area contributed by atoms with Crippen molar-refractivity contribution in [3.05, 3.63) is 47.2 Å². The van der Waals surface area contributed by atoms with E-state index < -0.39 is 5.82 Å². The van der Waals surface area contributed by atoms with Crippen LogP contribution in [0.4, 0.5) is 4.39 Å². The molecule has 0 aliphatic heterocycles. The zero-order valence-electron chi connectivity index (χ0n) is 7.63. The van der Waals surface area contributed by atoms with E-state index in [0.29, 0.717) is 5.58 Å². The summed E-state index contributed by atoms with van der Waals surface area (Å²) in [5.74, 6) is -0.495. The minimum Gasteiger partial charge on any atom is -0.453 e. The molecule has 0 saturated heterocycles. The molecule has 3 aromatic rings. The first-order valence-electron chi connectivity index (χ1n) is 4.52. The molecular weight excluding hydrogens is 215 g/mol. The molecule has 0 fully saturated rings. The molecule has 0 spiro atoms. The van der Waals surface area contributed by atoms with Crippen molar-refractivity contribution in [3.63, 3.8) is 0 Å². The Morgan fingerprint density at radius 3 is 2.67 bits per heavy atom. The molecule has 0 N–H and O–H groups in total. The van der Waals surface area contributed by atoms with Crippen LogP contribution in [-0.4, -0.2) is 0 Å². The molecule has 74 valence electrons. The fourth-order valence-corrected chi connectivity index (χ4v) is 1.88. The van der Waals surface area contributed by atoms with Crippen LogP contribution < -0.4 is 0 Å². The Morgan fingerprint density at radius 1 is 1.00 bits per heavy atom. The molecule has 1 nitrogen and oxygen atoms in total. The van der Waals surface area contributed by atoms with Crippen LogP contribution >= 0.6 is 11.6 Å². The molecule has 0 aliphatic carbocycles. The molecule has 3 rings (SSSR count). The molecule has 0 saturated carbocycles. The van der Waals surface area contributed by atoms with E-state index in [0.717, 1.165) is 10.8 Å². The van der Waals surface area contributed by atoms with Gasteiger partial charge in [-0.3, -0.25) is 0 Å². The summed E-state index contributed by atoms with van der Waals surface area (Å²) in [5, 5.41) is 1.75. The summed E-state index contributed by atoms with van der Waals surface area (Å²) >= 11 is 5.68. The highest BCUT2D eigenvalue weighted by Gasteiger charge is 2.12. The molecule has 1 heterocycles. The molecule has 0 amide bonds. The van der Waals surface area contributed by atoms with E-state index in [1.165, 1.54) is 0 Å². The SMILES string of the molecule is Fc1c(Cl)ccc2c1oc1ccccc12. The summed E-state index contributed by atoms with van der Waals surface area (Å²) in [4.78, 5) is 0. The molecule has 15 heavy (non-hydrogen) atoms. The summed E-state index contributed by atoms with van der Waals surface area (Å²) in [6.07, 6.45) is 0. The Labute approximate surface area is 90.1 Å². The topological polar surface area (TPSA) is 13.1 Å². The van der Waals surface area contributed by atoms with E-state index >= 15 is 0 Å². The average molecular weight is 221 g/mol. The maximum Gasteiger partial charge on any atom is 0.184 e. The smallest absolute Gasteiger partial charge is 0.184 e. The lowest BCUT2D eigenvalue weighted by Crippen LogP contribution is -1.76. The Bertz CT molecular complexity index is 657. The van der Waals surface area contributed by atoms with Crippen LogP contribution in [0, 0.1) is 5.82 Å². The predicted octanol–water partition coefficient (Wildman–Crippen LogP) is 4.38. The van der Waals surface area contributed by atoms with Crippen LogP contribution in [0.3, 0.4) is 0 Å².